The maximum Gasteiger partial charge on any atom is 0.231 e. The zero-order chi connectivity index (χ0) is 10.1. The second-order valence-electron chi connectivity index (χ2n) is 3.67. The molecule has 1 fully saturated rings. The zero-order valence-electron chi connectivity index (χ0n) is 8.36. The second kappa shape index (κ2) is 3.94. The van der Waals surface area contributed by atoms with Crippen LogP contribution in [-0.4, -0.2) is 19.1 Å². The van der Waals surface area contributed by atoms with Gasteiger partial charge in [-0.2, -0.15) is 0 Å². The minimum absolute atomic E-state index is 0.351. The average molecular weight is 223 g/mol. The Labute approximate surface area is 93.1 Å². The summed E-state index contributed by atoms with van der Waals surface area (Å²) in [5.41, 5.74) is 1.28. The lowest BCUT2D eigenvalue weighted by molar-refractivity contribution is 0.174. The fourth-order valence-electron chi connectivity index (χ4n) is 1.86. The van der Waals surface area contributed by atoms with E-state index in [-0.39, 0.29) is 0 Å². The van der Waals surface area contributed by atoms with Gasteiger partial charge in [-0.15, -0.1) is 11.8 Å². The first kappa shape index (κ1) is 9.36. The molecular formula is C11H13NO2S. The standard InChI is InChI=1S/C11H13NO2S/c1-4-12-11(15-5-1)8-2-3-9-10(6-8)14-7-13-9/h2-3,6,11-12H,1,4-5,7H2. The van der Waals surface area contributed by atoms with Gasteiger partial charge >= 0.3 is 0 Å². The normalized spacial score (nSPS) is 24.1. The molecule has 0 aliphatic carbocycles. The Kier molecular flexibility index (Phi) is 2.46. The third-order valence-electron chi connectivity index (χ3n) is 2.63. The largest absolute Gasteiger partial charge is 0.454 e. The van der Waals surface area contributed by atoms with Crippen molar-refractivity contribution in [3.05, 3.63) is 23.8 Å². The SMILES string of the molecule is c1cc2c(cc1C1NCCCS1)OCO2. The summed E-state index contributed by atoms with van der Waals surface area (Å²) in [5, 5.41) is 3.90. The highest BCUT2D eigenvalue weighted by molar-refractivity contribution is 7.99. The van der Waals surface area contributed by atoms with E-state index in [1.165, 1.54) is 17.7 Å². The summed E-state index contributed by atoms with van der Waals surface area (Å²) in [4.78, 5) is 0. The number of nitrogens with one attached hydrogen (secondary N) is 1. The molecule has 0 spiro atoms. The minimum Gasteiger partial charge on any atom is -0.454 e. The molecular weight excluding hydrogens is 210 g/mol. The van der Waals surface area contributed by atoms with Gasteiger partial charge in [-0.25, -0.2) is 0 Å². The molecule has 80 valence electrons. The molecule has 4 heteroatoms. The van der Waals surface area contributed by atoms with E-state index in [0.29, 0.717) is 12.2 Å². The molecule has 3 nitrogen and oxygen atoms in total. The molecule has 1 atom stereocenters. The Morgan fingerprint density at radius 3 is 3.07 bits per heavy atom. The molecule has 15 heavy (non-hydrogen) atoms. The van der Waals surface area contributed by atoms with E-state index in [4.69, 9.17) is 9.47 Å². The zero-order valence-corrected chi connectivity index (χ0v) is 9.18. The van der Waals surface area contributed by atoms with Crippen molar-refractivity contribution in [2.75, 3.05) is 19.1 Å². The molecule has 0 bridgehead atoms. The third-order valence-corrected chi connectivity index (χ3v) is 3.93. The number of hydrogen-bond acceptors (Lipinski definition) is 4. The van der Waals surface area contributed by atoms with Crippen molar-refractivity contribution in [3.63, 3.8) is 0 Å². The molecule has 1 N–H and O–H groups in total. The minimum atomic E-state index is 0.351. The molecule has 0 aromatic heterocycles. The number of benzene rings is 1. The molecule has 1 aromatic carbocycles. The van der Waals surface area contributed by atoms with Crippen LogP contribution in [0.25, 0.3) is 0 Å². The van der Waals surface area contributed by atoms with E-state index < -0.39 is 0 Å². The summed E-state index contributed by atoms with van der Waals surface area (Å²) in [7, 11) is 0. The van der Waals surface area contributed by atoms with Crippen LogP contribution in [0.5, 0.6) is 11.5 Å². The highest BCUT2D eigenvalue weighted by Crippen LogP contribution is 2.37. The molecule has 3 rings (SSSR count). The fraction of sp³-hybridized carbons (Fsp3) is 0.455. The average Bonchev–Trinajstić information content (AvgIpc) is 2.77. The first-order valence-corrected chi connectivity index (χ1v) is 6.23. The smallest absolute Gasteiger partial charge is 0.231 e. The van der Waals surface area contributed by atoms with Gasteiger partial charge in [0.2, 0.25) is 6.79 Å². The highest BCUT2D eigenvalue weighted by Gasteiger charge is 2.19. The summed E-state index contributed by atoms with van der Waals surface area (Å²) in [6, 6.07) is 6.19. The maximum absolute atomic E-state index is 5.37. The Balaban J connectivity index is 1.85. The molecule has 1 unspecified atom stereocenters. The van der Waals surface area contributed by atoms with Crippen LogP contribution < -0.4 is 14.8 Å². The summed E-state index contributed by atoms with van der Waals surface area (Å²) < 4.78 is 10.7. The van der Waals surface area contributed by atoms with E-state index in [2.05, 4.69) is 17.4 Å². The van der Waals surface area contributed by atoms with Gasteiger partial charge in [0.1, 0.15) is 0 Å². The Morgan fingerprint density at radius 2 is 2.20 bits per heavy atom. The molecule has 2 heterocycles. The number of hydrogen-bond donors (Lipinski definition) is 1. The van der Waals surface area contributed by atoms with Gasteiger partial charge < -0.3 is 14.8 Å². The summed E-state index contributed by atoms with van der Waals surface area (Å²) >= 11 is 1.95. The van der Waals surface area contributed by atoms with Gasteiger partial charge in [-0.1, -0.05) is 6.07 Å². The van der Waals surface area contributed by atoms with E-state index in [1.807, 2.05) is 17.8 Å². The van der Waals surface area contributed by atoms with Crippen molar-refractivity contribution >= 4 is 11.8 Å². The lowest BCUT2D eigenvalue weighted by atomic mass is 10.2. The van der Waals surface area contributed by atoms with Crippen LogP contribution in [0, 0.1) is 0 Å². The number of rotatable bonds is 1. The van der Waals surface area contributed by atoms with Gasteiger partial charge in [0, 0.05) is 0 Å². The number of thioether (sulfide) groups is 1. The van der Waals surface area contributed by atoms with Crippen LogP contribution in [-0.2, 0) is 0 Å². The van der Waals surface area contributed by atoms with E-state index in [9.17, 15) is 0 Å². The van der Waals surface area contributed by atoms with E-state index in [1.54, 1.807) is 0 Å². The lowest BCUT2D eigenvalue weighted by Gasteiger charge is -2.23. The molecule has 2 aliphatic rings. The monoisotopic (exact) mass is 223 g/mol. The molecule has 1 aromatic rings. The predicted molar refractivity (Wildman–Crippen MR) is 60.4 cm³/mol. The lowest BCUT2D eigenvalue weighted by Crippen LogP contribution is -2.25. The molecule has 0 amide bonds. The first-order valence-electron chi connectivity index (χ1n) is 5.18. The second-order valence-corrected chi connectivity index (χ2v) is 4.88. The van der Waals surface area contributed by atoms with E-state index in [0.717, 1.165) is 18.0 Å². The van der Waals surface area contributed by atoms with Crippen molar-refractivity contribution in [1.82, 2.24) is 5.32 Å². The summed E-state index contributed by atoms with van der Waals surface area (Å²) in [5.74, 6) is 2.96. The quantitative estimate of drug-likeness (QED) is 0.790. The van der Waals surface area contributed by atoms with Crippen LogP contribution in [0.3, 0.4) is 0 Å². The number of ether oxygens (including phenoxy) is 2. The van der Waals surface area contributed by atoms with Gasteiger partial charge in [-0.3, -0.25) is 0 Å². The maximum atomic E-state index is 5.37. The summed E-state index contributed by atoms with van der Waals surface area (Å²) in [6.07, 6.45) is 1.26. The van der Waals surface area contributed by atoms with Crippen molar-refractivity contribution in [2.45, 2.75) is 11.8 Å². The Hall–Kier alpha value is -0.870. The van der Waals surface area contributed by atoms with Crippen LogP contribution in [0.1, 0.15) is 17.4 Å². The first-order chi connectivity index (χ1) is 7.43. The van der Waals surface area contributed by atoms with Gasteiger partial charge in [-0.05, 0) is 36.4 Å². The third kappa shape index (κ3) is 1.79. The van der Waals surface area contributed by atoms with Crippen molar-refractivity contribution in [2.24, 2.45) is 0 Å². The molecule has 1 saturated heterocycles. The Bertz CT molecular complexity index is 364. The molecule has 2 aliphatic heterocycles. The van der Waals surface area contributed by atoms with Gasteiger partial charge in [0.25, 0.3) is 0 Å². The van der Waals surface area contributed by atoms with Crippen LogP contribution in [0.2, 0.25) is 0 Å². The van der Waals surface area contributed by atoms with Crippen LogP contribution in [0.15, 0.2) is 18.2 Å². The highest BCUT2D eigenvalue weighted by atomic mass is 32.2. The van der Waals surface area contributed by atoms with Gasteiger partial charge in [0.15, 0.2) is 11.5 Å². The van der Waals surface area contributed by atoms with E-state index >= 15 is 0 Å². The van der Waals surface area contributed by atoms with Gasteiger partial charge in [0.05, 0.1) is 5.37 Å². The molecule has 0 radical (unpaired) electrons. The fourth-order valence-corrected chi connectivity index (χ4v) is 2.98. The Morgan fingerprint density at radius 1 is 1.27 bits per heavy atom. The predicted octanol–water partition coefficient (Wildman–Crippen LogP) is 2.14. The number of fused-ring (bicyclic) bond motifs is 1. The summed E-state index contributed by atoms with van der Waals surface area (Å²) in [6.45, 7) is 1.45. The van der Waals surface area contributed by atoms with Crippen molar-refractivity contribution < 1.29 is 9.47 Å². The molecule has 0 saturated carbocycles. The van der Waals surface area contributed by atoms with Crippen LogP contribution in [0.4, 0.5) is 0 Å². The topological polar surface area (TPSA) is 30.5 Å². The van der Waals surface area contributed by atoms with Crippen molar-refractivity contribution in [3.8, 4) is 11.5 Å². The van der Waals surface area contributed by atoms with Crippen LogP contribution >= 0.6 is 11.8 Å². The van der Waals surface area contributed by atoms with Crippen molar-refractivity contribution in [1.29, 1.82) is 0 Å².